The fraction of sp³-hybridized carbons (Fsp3) is 0.588. The van der Waals surface area contributed by atoms with Crippen LogP contribution in [0.2, 0.25) is 0 Å². The van der Waals surface area contributed by atoms with E-state index in [0.29, 0.717) is 6.42 Å². The molecule has 1 aromatic rings. The first kappa shape index (κ1) is 14.9. The van der Waals surface area contributed by atoms with Gasteiger partial charge in [-0.3, -0.25) is 4.79 Å². The predicted octanol–water partition coefficient (Wildman–Crippen LogP) is 3.62. The summed E-state index contributed by atoms with van der Waals surface area (Å²) in [6.07, 6.45) is 6.43. The number of fused-ring (bicyclic) bond motifs is 1. The monoisotopic (exact) mass is 276 g/mol. The summed E-state index contributed by atoms with van der Waals surface area (Å²) in [6, 6.07) is 4.29. The highest BCUT2D eigenvalue weighted by Crippen LogP contribution is 2.33. The lowest BCUT2D eigenvalue weighted by Gasteiger charge is -2.22. The number of hydrogen-bond acceptors (Lipinski definition) is 2. The Hall–Kier alpha value is -1.51. The third kappa shape index (κ3) is 3.14. The highest BCUT2D eigenvalue weighted by atomic mass is 16.5. The number of aryl methyl sites for hydroxylation is 2. The molecule has 3 heteroatoms. The number of methoxy groups -OCH3 is 1. The summed E-state index contributed by atoms with van der Waals surface area (Å²) in [6.45, 7) is 3.53. The second kappa shape index (κ2) is 5.86. The quantitative estimate of drug-likeness (QED) is 0.854. The van der Waals surface area contributed by atoms with Crippen LogP contribution in [0.1, 0.15) is 49.8 Å². The number of aliphatic carboxylic acids is 1. The molecule has 2 rings (SSSR count). The van der Waals surface area contributed by atoms with Gasteiger partial charge in [0.05, 0.1) is 12.5 Å². The summed E-state index contributed by atoms with van der Waals surface area (Å²) in [5.74, 6) is 0.0643. The molecule has 0 unspecified atom stereocenters. The van der Waals surface area contributed by atoms with E-state index in [4.69, 9.17) is 4.74 Å². The van der Waals surface area contributed by atoms with Gasteiger partial charge in [0.25, 0.3) is 0 Å². The van der Waals surface area contributed by atoms with Crippen LogP contribution >= 0.6 is 0 Å². The van der Waals surface area contributed by atoms with Crippen LogP contribution in [0.15, 0.2) is 12.1 Å². The van der Waals surface area contributed by atoms with Crippen molar-refractivity contribution < 1.29 is 14.6 Å². The van der Waals surface area contributed by atoms with E-state index in [1.807, 2.05) is 0 Å². The maximum Gasteiger partial charge on any atom is 0.309 e. The van der Waals surface area contributed by atoms with Gasteiger partial charge in [0.2, 0.25) is 0 Å². The Morgan fingerprint density at radius 1 is 1.20 bits per heavy atom. The van der Waals surface area contributed by atoms with Crippen molar-refractivity contribution in [3.05, 3.63) is 28.8 Å². The summed E-state index contributed by atoms with van der Waals surface area (Å²) in [4.78, 5) is 11.3. The largest absolute Gasteiger partial charge is 0.496 e. The fourth-order valence-corrected chi connectivity index (χ4v) is 2.87. The third-order valence-electron chi connectivity index (χ3n) is 4.21. The summed E-state index contributed by atoms with van der Waals surface area (Å²) in [7, 11) is 1.66. The second-order valence-electron chi connectivity index (χ2n) is 6.36. The van der Waals surface area contributed by atoms with Crippen molar-refractivity contribution in [3.8, 4) is 5.75 Å². The Balaban J connectivity index is 2.37. The average molecular weight is 276 g/mol. The molecule has 0 radical (unpaired) electrons. The van der Waals surface area contributed by atoms with E-state index in [0.717, 1.165) is 24.2 Å². The minimum absolute atomic E-state index is 0.499. The van der Waals surface area contributed by atoms with Crippen molar-refractivity contribution in [2.45, 2.75) is 52.4 Å². The summed E-state index contributed by atoms with van der Waals surface area (Å²) in [5.41, 5.74) is 2.99. The standard InChI is InChI=1S/C17H24O3/c1-17(2,16(18)19)11-14-9-12-7-5-4-6-8-13(12)10-15(14)20-3/h9-10H,4-8,11H2,1-3H3,(H,18,19). The van der Waals surface area contributed by atoms with Crippen molar-refractivity contribution in [3.63, 3.8) is 0 Å². The molecular formula is C17H24O3. The van der Waals surface area contributed by atoms with Gasteiger partial charge in [-0.15, -0.1) is 0 Å². The lowest BCUT2D eigenvalue weighted by atomic mass is 9.84. The predicted molar refractivity (Wildman–Crippen MR) is 79.4 cm³/mol. The van der Waals surface area contributed by atoms with Crippen molar-refractivity contribution in [1.29, 1.82) is 0 Å². The highest BCUT2D eigenvalue weighted by Gasteiger charge is 2.29. The number of benzene rings is 1. The number of carboxylic acids is 1. The summed E-state index contributed by atoms with van der Waals surface area (Å²) >= 11 is 0. The number of ether oxygens (including phenoxy) is 1. The second-order valence-corrected chi connectivity index (χ2v) is 6.36. The Labute approximate surface area is 121 Å². The topological polar surface area (TPSA) is 46.5 Å². The van der Waals surface area contributed by atoms with E-state index in [-0.39, 0.29) is 0 Å². The van der Waals surface area contributed by atoms with E-state index in [2.05, 4.69) is 12.1 Å². The molecule has 1 aliphatic rings. The molecule has 3 nitrogen and oxygen atoms in total. The molecule has 110 valence electrons. The third-order valence-corrected chi connectivity index (χ3v) is 4.21. The van der Waals surface area contributed by atoms with Crippen LogP contribution in [0.4, 0.5) is 0 Å². The van der Waals surface area contributed by atoms with E-state index >= 15 is 0 Å². The zero-order valence-corrected chi connectivity index (χ0v) is 12.7. The van der Waals surface area contributed by atoms with Crippen LogP contribution < -0.4 is 4.74 Å². The first-order valence-corrected chi connectivity index (χ1v) is 7.36. The molecule has 0 aromatic heterocycles. The lowest BCUT2D eigenvalue weighted by molar-refractivity contribution is -0.146. The van der Waals surface area contributed by atoms with Crippen molar-refractivity contribution >= 4 is 5.97 Å². The Bertz CT molecular complexity index is 503. The molecule has 0 saturated heterocycles. The van der Waals surface area contributed by atoms with Gasteiger partial charge in [-0.25, -0.2) is 0 Å². The number of carboxylic acid groups (broad SMARTS) is 1. The van der Waals surface area contributed by atoms with Gasteiger partial charge in [-0.2, -0.15) is 0 Å². The van der Waals surface area contributed by atoms with Gasteiger partial charge >= 0.3 is 5.97 Å². The number of hydrogen-bond donors (Lipinski definition) is 1. The maximum absolute atomic E-state index is 11.3. The van der Waals surface area contributed by atoms with Gasteiger partial charge in [-0.05, 0) is 68.7 Å². The van der Waals surface area contributed by atoms with Crippen LogP contribution in [0, 0.1) is 5.41 Å². The molecular weight excluding hydrogens is 252 g/mol. The van der Waals surface area contributed by atoms with Gasteiger partial charge in [0.15, 0.2) is 0 Å². The first-order chi connectivity index (χ1) is 9.44. The molecule has 0 fully saturated rings. The molecule has 1 N–H and O–H groups in total. The molecule has 0 spiro atoms. The van der Waals surface area contributed by atoms with Crippen LogP contribution in [0.5, 0.6) is 5.75 Å². The zero-order chi connectivity index (χ0) is 14.8. The molecule has 1 aliphatic carbocycles. The molecule has 0 atom stereocenters. The minimum Gasteiger partial charge on any atom is -0.496 e. The molecule has 1 aromatic carbocycles. The first-order valence-electron chi connectivity index (χ1n) is 7.36. The average Bonchev–Trinajstić information content (AvgIpc) is 2.61. The lowest BCUT2D eigenvalue weighted by Crippen LogP contribution is -2.26. The smallest absolute Gasteiger partial charge is 0.309 e. The van der Waals surface area contributed by atoms with Gasteiger partial charge in [-0.1, -0.05) is 12.5 Å². The van der Waals surface area contributed by atoms with Crippen LogP contribution in [-0.2, 0) is 24.1 Å². The van der Waals surface area contributed by atoms with E-state index < -0.39 is 11.4 Å². The molecule has 0 bridgehead atoms. The molecule has 0 heterocycles. The molecule has 0 aliphatic heterocycles. The highest BCUT2D eigenvalue weighted by molar-refractivity contribution is 5.74. The van der Waals surface area contributed by atoms with Crippen LogP contribution in [0.25, 0.3) is 0 Å². The van der Waals surface area contributed by atoms with Crippen molar-refractivity contribution in [2.24, 2.45) is 5.41 Å². The zero-order valence-electron chi connectivity index (χ0n) is 12.7. The maximum atomic E-state index is 11.3. The minimum atomic E-state index is -0.772. The van der Waals surface area contributed by atoms with Gasteiger partial charge in [0, 0.05) is 0 Å². The number of rotatable bonds is 4. The Morgan fingerprint density at radius 3 is 2.35 bits per heavy atom. The summed E-state index contributed by atoms with van der Waals surface area (Å²) in [5, 5.41) is 9.31. The van der Waals surface area contributed by atoms with E-state index in [9.17, 15) is 9.90 Å². The summed E-state index contributed by atoms with van der Waals surface area (Å²) < 4.78 is 5.48. The van der Waals surface area contributed by atoms with Crippen LogP contribution in [0.3, 0.4) is 0 Å². The SMILES string of the molecule is COc1cc2c(cc1CC(C)(C)C(=O)O)CCCCC2. The van der Waals surface area contributed by atoms with E-state index in [1.165, 1.54) is 30.4 Å². The van der Waals surface area contributed by atoms with E-state index in [1.54, 1.807) is 21.0 Å². The Morgan fingerprint density at radius 2 is 1.80 bits per heavy atom. The molecule has 0 saturated carbocycles. The van der Waals surface area contributed by atoms with Crippen molar-refractivity contribution in [1.82, 2.24) is 0 Å². The number of carbonyl (C=O) groups is 1. The molecule has 20 heavy (non-hydrogen) atoms. The van der Waals surface area contributed by atoms with Gasteiger partial charge in [0.1, 0.15) is 5.75 Å². The molecule has 0 amide bonds. The Kier molecular flexibility index (Phi) is 4.36. The fourth-order valence-electron chi connectivity index (χ4n) is 2.87. The normalized spacial score (nSPS) is 15.3. The van der Waals surface area contributed by atoms with Gasteiger partial charge < -0.3 is 9.84 Å². The van der Waals surface area contributed by atoms with Crippen molar-refractivity contribution in [2.75, 3.05) is 7.11 Å². The van der Waals surface area contributed by atoms with Crippen LogP contribution in [-0.4, -0.2) is 18.2 Å².